The molecule has 0 aliphatic heterocycles. The fourth-order valence-corrected chi connectivity index (χ4v) is 1.81. The summed E-state index contributed by atoms with van der Waals surface area (Å²) in [4.78, 5) is 9.99. The minimum absolute atomic E-state index is 0.126. The largest absolute Gasteiger partial charge is 0.453 e. The number of ether oxygens (including phenoxy) is 1. The lowest BCUT2D eigenvalue weighted by Crippen LogP contribution is -1.92. The van der Waals surface area contributed by atoms with E-state index in [1.54, 1.807) is 0 Å². The Morgan fingerprint density at radius 1 is 1.10 bits per heavy atom. The normalized spacial score (nSPS) is 9.57. The van der Waals surface area contributed by atoms with Gasteiger partial charge in [-0.25, -0.2) is 8.78 Å². The zero-order chi connectivity index (χ0) is 16.0. The summed E-state index contributed by atoms with van der Waals surface area (Å²) in [7, 11) is 0. The van der Waals surface area contributed by atoms with Crippen molar-refractivity contribution in [3.63, 3.8) is 0 Å². The van der Waals surface area contributed by atoms with E-state index in [9.17, 15) is 18.9 Å². The Bertz CT molecular complexity index is 650. The van der Waals surface area contributed by atoms with Crippen molar-refractivity contribution in [1.29, 1.82) is 0 Å². The van der Waals surface area contributed by atoms with E-state index < -0.39 is 16.6 Å². The van der Waals surface area contributed by atoms with E-state index in [4.69, 9.17) is 4.74 Å². The van der Waals surface area contributed by atoms with E-state index in [-0.39, 0.29) is 17.2 Å². The Morgan fingerprint density at radius 2 is 1.71 bits per heavy atom. The molecular formula is C14H12BrF2NO3. The maximum atomic E-state index is 13.4. The number of halogens is 3. The molecular weight excluding hydrogens is 348 g/mol. The smallest absolute Gasteiger partial charge is 0.270 e. The van der Waals surface area contributed by atoms with Gasteiger partial charge < -0.3 is 4.74 Å². The Labute approximate surface area is 128 Å². The summed E-state index contributed by atoms with van der Waals surface area (Å²) in [5, 5.41) is 10.6. The molecule has 0 amide bonds. The molecule has 0 bridgehead atoms. The van der Waals surface area contributed by atoms with Crippen molar-refractivity contribution in [2.24, 2.45) is 0 Å². The van der Waals surface area contributed by atoms with Crippen LogP contribution >= 0.6 is 15.9 Å². The third-order valence-corrected chi connectivity index (χ3v) is 2.86. The zero-order valence-corrected chi connectivity index (χ0v) is 12.9. The second-order valence-electron chi connectivity index (χ2n) is 3.55. The highest BCUT2D eigenvalue weighted by Crippen LogP contribution is 2.33. The summed E-state index contributed by atoms with van der Waals surface area (Å²) in [6.07, 6.45) is 0. The van der Waals surface area contributed by atoms with Crippen LogP contribution in [0.15, 0.2) is 40.9 Å². The molecule has 0 N–H and O–H groups in total. The Morgan fingerprint density at radius 3 is 2.24 bits per heavy atom. The summed E-state index contributed by atoms with van der Waals surface area (Å²) >= 11 is 3.09. The van der Waals surface area contributed by atoms with Gasteiger partial charge >= 0.3 is 0 Å². The lowest BCUT2D eigenvalue weighted by molar-refractivity contribution is -0.384. The molecule has 21 heavy (non-hydrogen) atoms. The average Bonchev–Trinajstić information content (AvgIpc) is 2.45. The number of hydrogen-bond acceptors (Lipinski definition) is 3. The number of rotatable bonds is 3. The van der Waals surface area contributed by atoms with Gasteiger partial charge in [-0.3, -0.25) is 10.1 Å². The van der Waals surface area contributed by atoms with E-state index in [1.165, 1.54) is 18.2 Å². The van der Waals surface area contributed by atoms with Crippen molar-refractivity contribution in [3.8, 4) is 11.5 Å². The Kier molecular flexibility index (Phi) is 6.23. The minimum atomic E-state index is -0.856. The van der Waals surface area contributed by atoms with Crippen LogP contribution in [0, 0.1) is 21.7 Å². The van der Waals surface area contributed by atoms with E-state index in [1.807, 2.05) is 13.8 Å². The molecule has 0 unspecified atom stereocenters. The quantitative estimate of drug-likeness (QED) is 0.540. The third kappa shape index (κ3) is 4.49. The number of nitro benzene ring substituents is 1. The molecule has 0 aliphatic carbocycles. The highest BCUT2D eigenvalue weighted by molar-refractivity contribution is 9.10. The molecule has 4 nitrogen and oxygen atoms in total. The first-order valence-electron chi connectivity index (χ1n) is 6.04. The predicted molar refractivity (Wildman–Crippen MR) is 78.6 cm³/mol. The molecule has 2 aromatic rings. The van der Waals surface area contributed by atoms with Crippen LogP contribution in [0.1, 0.15) is 13.8 Å². The maximum absolute atomic E-state index is 13.4. The number of non-ortho nitro benzene ring substituents is 1. The fraction of sp³-hybridized carbons (Fsp3) is 0.143. The van der Waals surface area contributed by atoms with Crippen molar-refractivity contribution in [2.45, 2.75) is 13.8 Å². The van der Waals surface area contributed by atoms with Crippen molar-refractivity contribution in [2.75, 3.05) is 0 Å². The van der Waals surface area contributed by atoms with Gasteiger partial charge in [0.1, 0.15) is 11.6 Å². The molecule has 0 radical (unpaired) electrons. The van der Waals surface area contributed by atoms with E-state index in [2.05, 4.69) is 15.9 Å². The van der Waals surface area contributed by atoms with Crippen LogP contribution in [-0.4, -0.2) is 4.92 Å². The van der Waals surface area contributed by atoms with Crippen LogP contribution in [-0.2, 0) is 0 Å². The summed E-state index contributed by atoms with van der Waals surface area (Å²) in [5.74, 6) is -1.55. The first-order chi connectivity index (χ1) is 9.97. The van der Waals surface area contributed by atoms with Gasteiger partial charge in [0.25, 0.3) is 5.69 Å². The molecule has 0 heterocycles. The first kappa shape index (κ1) is 17.0. The SMILES string of the molecule is CC.O=[N+]([O-])c1ccc(Oc2ccc(F)cc2F)c(Br)c1. The van der Waals surface area contributed by atoms with Crippen molar-refractivity contribution in [3.05, 3.63) is 62.6 Å². The van der Waals surface area contributed by atoms with Gasteiger partial charge in [-0.2, -0.15) is 0 Å². The summed E-state index contributed by atoms with van der Waals surface area (Å²) in [6, 6.07) is 6.66. The molecule has 2 rings (SSSR count). The predicted octanol–water partition coefficient (Wildman–Crippen LogP) is 5.45. The molecule has 0 atom stereocenters. The zero-order valence-electron chi connectivity index (χ0n) is 11.3. The van der Waals surface area contributed by atoms with Crippen LogP contribution in [0.4, 0.5) is 14.5 Å². The lowest BCUT2D eigenvalue weighted by atomic mass is 10.3. The van der Waals surface area contributed by atoms with Gasteiger partial charge in [-0.1, -0.05) is 13.8 Å². The molecule has 7 heteroatoms. The lowest BCUT2D eigenvalue weighted by Gasteiger charge is -2.08. The van der Waals surface area contributed by atoms with E-state index in [0.717, 1.165) is 12.1 Å². The molecule has 112 valence electrons. The maximum Gasteiger partial charge on any atom is 0.270 e. The van der Waals surface area contributed by atoms with E-state index >= 15 is 0 Å². The number of nitrogens with zero attached hydrogens (tertiary/aromatic N) is 1. The molecule has 0 aliphatic rings. The molecule has 0 saturated carbocycles. The van der Waals surface area contributed by atoms with Crippen molar-refractivity contribution >= 4 is 21.6 Å². The molecule has 0 fully saturated rings. The van der Waals surface area contributed by atoms with Crippen LogP contribution in [0.2, 0.25) is 0 Å². The summed E-state index contributed by atoms with van der Waals surface area (Å²) < 4.78 is 31.6. The van der Waals surface area contributed by atoms with Crippen LogP contribution in [0.25, 0.3) is 0 Å². The molecule has 2 aromatic carbocycles. The molecule has 0 saturated heterocycles. The topological polar surface area (TPSA) is 52.4 Å². The van der Waals surface area contributed by atoms with Crippen LogP contribution in [0.5, 0.6) is 11.5 Å². The first-order valence-corrected chi connectivity index (χ1v) is 6.83. The second-order valence-corrected chi connectivity index (χ2v) is 4.40. The second kappa shape index (κ2) is 7.68. The van der Waals surface area contributed by atoms with Gasteiger partial charge in [-0.05, 0) is 34.1 Å². The standard InChI is InChI=1S/C12H6BrF2NO3.C2H6/c13-9-6-8(16(17)18)2-4-11(9)19-12-3-1-7(14)5-10(12)15;1-2/h1-6H;1-2H3. The van der Waals surface area contributed by atoms with Gasteiger partial charge in [0.2, 0.25) is 0 Å². The third-order valence-electron chi connectivity index (χ3n) is 2.24. The van der Waals surface area contributed by atoms with Gasteiger partial charge in [0.15, 0.2) is 11.6 Å². The minimum Gasteiger partial charge on any atom is -0.453 e. The monoisotopic (exact) mass is 359 g/mol. The number of nitro groups is 1. The average molecular weight is 360 g/mol. The van der Waals surface area contributed by atoms with Crippen LogP contribution < -0.4 is 4.74 Å². The summed E-state index contributed by atoms with van der Waals surface area (Å²) in [6.45, 7) is 4.00. The van der Waals surface area contributed by atoms with Crippen molar-refractivity contribution in [1.82, 2.24) is 0 Å². The molecule has 0 spiro atoms. The van der Waals surface area contributed by atoms with Gasteiger partial charge in [0, 0.05) is 18.2 Å². The van der Waals surface area contributed by atoms with E-state index in [0.29, 0.717) is 10.5 Å². The number of benzene rings is 2. The van der Waals surface area contributed by atoms with Crippen molar-refractivity contribution < 1.29 is 18.4 Å². The molecule has 0 aromatic heterocycles. The summed E-state index contributed by atoms with van der Waals surface area (Å²) in [5.41, 5.74) is -0.126. The van der Waals surface area contributed by atoms with Crippen LogP contribution in [0.3, 0.4) is 0 Å². The highest BCUT2D eigenvalue weighted by atomic mass is 79.9. The van der Waals surface area contributed by atoms with Gasteiger partial charge in [-0.15, -0.1) is 0 Å². The van der Waals surface area contributed by atoms with Gasteiger partial charge in [0.05, 0.1) is 9.40 Å². The highest BCUT2D eigenvalue weighted by Gasteiger charge is 2.12. The Hall–Kier alpha value is -2.02. The fourth-order valence-electron chi connectivity index (χ4n) is 1.36. The Balaban J connectivity index is 0.00000106. The number of hydrogen-bond donors (Lipinski definition) is 0.